The molecule has 1 aliphatic carbocycles. The number of benzene rings is 1. The Morgan fingerprint density at radius 3 is 2.58 bits per heavy atom. The molecule has 0 atom stereocenters. The molecule has 0 unspecified atom stereocenters. The zero-order valence-electron chi connectivity index (χ0n) is 13.7. The van der Waals surface area contributed by atoms with Gasteiger partial charge in [-0.2, -0.15) is 0 Å². The highest BCUT2D eigenvalue weighted by Crippen LogP contribution is 2.29. The van der Waals surface area contributed by atoms with Gasteiger partial charge in [0.15, 0.2) is 9.84 Å². The number of carbonyl (C=O) groups is 1. The molecule has 0 fully saturated rings. The highest BCUT2D eigenvalue weighted by atomic mass is 32.2. The van der Waals surface area contributed by atoms with Crippen LogP contribution in [0.4, 0.5) is 5.69 Å². The molecule has 4 nitrogen and oxygen atoms in total. The van der Waals surface area contributed by atoms with Gasteiger partial charge >= 0.3 is 0 Å². The lowest BCUT2D eigenvalue weighted by Gasteiger charge is -2.07. The minimum Gasteiger partial charge on any atom is -0.321 e. The van der Waals surface area contributed by atoms with Gasteiger partial charge in [-0.3, -0.25) is 4.79 Å². The third-order valence-corrected chi connectivity index (χ3v) is 6.59. The summed E-state index contributed by atoms with van der Waals surface area (Å²) in [4.78, 5) is 14.7. The van der Waals surface area contributed by atoms with Gasteiger partial charge in [0, 0.05) is 16.8 Å². The first-order chi connectivity index (χ1) is 11.4. The van der Waals surface area contributed by atoms with Crippen molar-refractivity contribution in [3.05, 3.63) is 45.6 Å². The summed E-state index contributed by atoms with van der Waals surface area (Å²) in [5.74, 6) is -0.169. The van der Waals surface area contributed by atoms with Crippen LogP contribution in [0, 0.1) is 0 Å². The standard InChI is InChI=1S/C18H21NO3S2/c1-24(21,22)15-9-6-8-14(12-15)19-18(20)17-11-13-7-4-2-3-5-10-16(13)23-17/h6,8-9,11-12H,2-5,7,10H2,1H3,(H,19,20). The molecule has 0 radical (unpaired) electrons. The molecule has 0 saturated carbocycles. The molecule has 0 bridgehead atoms. The molecule has 6 heteroatoms. The number of anilines is 1. The van der Waals surface area contributed by atoms with Gasteiger partial charge in [-0.25, -0.2) is 8.42 Å². The third kappa shape index (κ3) is 4.05. The summed E-state index contributed by atoms with van der Waals surface area (Å²) in [5, 5.41) is 2.82. The number of aryl methyl sites for hydroxylation is 2. The zero-order valence-corrected chi connectivity index (χ0v) is 15.3. The summed E-state index contributed by atoms with van der Waals surface area (Å²) in [6, 6.07) is 8.37. The molecule has 0 aliphatic heterocycles. The number of thiophene rings is 1. The summed E-state index contributed by atoms with van der Waals surface area (Å²) < 4.78 is 23.3. The highest BCUT2D eigenvalue weighted by Gasteiger charge is 2.16. The average molecular weight is 364 g/mol. The molecule has 3 rings (SSSR count). The van der Waals surface area contributed by atoms with Crippen LogP contribution in [0.3, 0.4) is 0 Å². The number of carbonyl (C=O) groups excluding carboxylic acids is 1. The van der Waals surface area contributed by atoms with Gasteiger partial charge in [0.1, 0.15) is 0 Å². The first-order valence-corrected chi connectivity index (χ1v) is 10.9. The second-order valence-electron chi connectivity index (χ2n) is 6.23. The van der Waals surface area contributed by atoms with Crippen molar-refractivity contribution in [2.24, 2.45) is 0 Å². The van der Waals surface area contributed by atoms with Crippen molar-refractivity contribution in [2.75, 3.05) is 11.6 Å². The number of fused-ring (bicyclic) bond motifs is 1. The van der Waals surface area contributed by atoms with Crippen LogP contribution in [-0.2, 0) is 22.7 Å². The predicted molar refractivity (Wildman–Crippen MR) is 97.7 cm³/mol. The molecule has 2 aromatic rings. The van der Waals surface area contributed by atoms with E-state index in [-0.39, 0.29) is 10.8 Å². The Bertz CT molecular complexity index is 827. The van der Waals surface area contributed by atoms with Gasteiger partial charge < -0.3 is 5.32 Å². The molecule has 1 aromatic carbocycles. The van der Waals surface area contributed by atoms with E-state index in [2.05, 4.69) is 5.32 Å². The Morgan fingerprint density at radius 2 is 1.83 bits per heavy atom. The minimum absolute atomic E-state index is 0.169. The van der Waals surface area contributed by atoms with E-state index in [1.54, 1.807) is 23.5 Å². The molecule has 1 N–H and O–H groups in total. The Morgan fingerprint density at radius 1 is 1.08 bits per heavy atom. The van der Waals surface area contributed by atoms with Crippen LogP contribution in [0.25, 0.3) is 0 Å². The fourth-order valence-corrected chi connectivity index (χ4v) is 4.77. The van der Waals surface area contributed by atoms with E-state index in [9.17, 15) is 13.2 Å². The predicted octanol–water partition coefficient (Wildman–Crippen LogP) is 4.06. The summed E-state index contributed by atoms with van der Waals surface area (Å²) in [6.45, 7) is 0. The first kappa shape index (κ1) is 17.2. The lowest BCUT2D eigenvalue weighted by molar-refractivity contribution is 0.103. The molecule has 0 spiro atoms. The monoisotopic (exact) mass is 363 g/mol. The second kappa shape index (κ2) is 7.07. The van der Waals surface area contributed by atoms with Crippen molar-refractivity contribution in [3.63, 3.8) is 0 Å². The zero-order chi connectivity index (χ0) is 17.2. The highest BCUT2D eigenvalue weighted by molar-refractivity contribution is 7.90. The maximum Gasteiger partial charge on any atom is 0.265 e. The van der Waals surface area contributed by atoms with Gasteiger partial charge in [0.05, 0.1) is 9.77 Å². The van der Waals surface area contributed by atoms with Crippen molar-refractivity contribution in [1.82, 2.24) is 0 Å². The van der Waals surface area contributed by atoms with E-state index in [1.807, 2.05) is 6.07 Å². The van der Waals surface area contributed by atoms with Gasteiger partial charge in [-0.15, -0.1) is 11.3 Å². The van der Waals surface area contributed by atoms with E-state index in [4.69, 9.17) is 0 Å². The number of sulfone groups is 1. The number of rotatable bonds is 3. The second-order valence-corrected chi connectivity index (χ2v) is 9.38. The lowest BCUT2D eigenvalue weighted by Crippen LogP contribution is -2.10. The Labute approximate surface area is 146 Å². The smallest absolute Gasteiger partial charge is 0.265 e. The molecule has 0 saturated heterocycles. The quantitative estimate of drug-likeness (QED) is 0.894. The maximum absolute atomic E-state index is 12.5. The lowest BCUT2D eigenvalue weighted by atomic mass is 10.00. The molecule has 1 heterocycles. The molecule has 24 heavy (non-hydrogen) atoms. The number of hydrogen-bond acceptors (Lipinski definition) is 4. The van der Waals surface area contributed by atoms with Crippen LogP contribution < -0.4 is 5.32 Å². The normalized spacial score (nSPS) is 15.2. The fraction of sp³-hybridized carbons (Fsp3) is 0.389. The molecular weight excluding hydrogens is 342 g/mol. The summed E-state index contributed by atoms with van der Waals surface area (Å²) in [6.07, 6.45) is 8.14. The van der Waals surface area contributed by atoms with Gasteiger partial charge in [0.2, 0.25) is 0 Å². The van der Waals surface area contributed by atoms with Crippen molar-refractivity contribution < 1.29 is 13.2 Å². The third-order valence-electron chi connectivity index (χ3n) is 4.24. The van der Waals surface area contributed by atoms with Crippen LogP contribution in [0.5, 0.6) is 0 Å². The number of nitrogens with one attached hydrogen (secondary N) is 1. The van der Waals surface area contributed by atoms with Crippen LogP contribution in [0.2, 0.25) is 0 Å². The number of amides is 1. The van der Waals surface area contributed by atoms with E-state index in [1.165, 1.54) is 48.3 Å². The van der Waals surface area contributed by atoms with Crippen LogP contribution in [-0.4, -0.2) is 20.6 Å². The van der Waals surface area contributed by atoms with Crippen molar-refractivity contribution >= 4 is 32.8 Å². The molecular formula is C18H21NO3S2. The van der Waals surface area contributed by atoms with E-state index in [0.29, 0.717) is 10.6 Å². The molecule has 1 amide bonds. The van der Waals surface area contributed by atoms with Crippen molar-refractivity contribution in [2.45, 2.75) is 43.4 Å². The van der Waals surface area contributed by atoms with E-state index < -0.39 is 9.84 Å². The average Bonchev–Trinajstić information content (AvgIpc) is 2.89. The van der Waals surface area contributed by atoms with Crippen molar-refractivity contribution in [3.8, 4) is 0 Å². The SMILES string of the molecule is CS(=O)(=O)c1cccc(NC(=O)c2cc3c(s2)CCCCCC3)c1. The van der Waals surface area contributed by atoms with E-state index >= 15 is 0 Å². The van der Waals surface area contributed by atoms with Crippen LogP contribution >= 0.6 is 11.3 Å². The number of hydrogen-bond donors (Lipinski definition) is 1. The minimum atomic E-state index is -3.28. The summed E-state index contributed by atoms with van der Waals surface area (Å²) in [7, 11) is -3.28. The van der Waals surface area contributed by atoms with Gasteiger partial charge in [0.25, 0.3) is 5.91 Å². The first-order valence-electron chi connectivity index (χ1n) is 8.16. The topological polar surface area (TPSA) is 63.2 Å². The van der Waals surface area contributed by atoms with Crippen LogP contribution in [0.15, 0.2) is 35.2 Å². The maximum atomic E-state index is 12.5. The Kier molecular flexibility index (Phi) is 5.06. The van der Waals surface area contributed by atoms with Crippen molar-refractivity contribution in [1.29, 1.82) is 0 Å². The van der Waals surface area contributed by atoms with Gasteiger partial charge in [-0.05, 0) is 55.5 Å². The Hall–Kier alpha value is -1.66. The van der Waals surface area contributed by atoms with Crippen LogP contribution in [0.1, 0.15) is 45.8 Å². The van der Waals surface area contributed by atoms with E-state index in [0.717, 1.165) is 19.1 Å². The molecule has 1 aliphatic rings. The largest absolute Gasteiger partial charge is 0.321 e. The Balaban J connectivity index is 1.79. The fourth-order valence-electron chi connectivity index (χ4n) is 2.95. The summed E-state index contributed by atoms with van der Waals surface area (Å²) in [5.41, 5.74) is 1.80. The molecule has 128 valence electrons. The van der Waals surface area contributed by atoms with Gasteiger partial charge in [-0.1, -0.05) is 18.9 Å². The molecule has 1 aromatic heterocycles. The summed E-state index contributed by atoms with van der Waals surface area (Å²) >= 11 is 1.56.